The summed E-state index contributed by atoms with van der Waals surface area (Å²) in [5.74, 6) is 2.05. The van der Waals surface area contributed by atoms with Crippen molar-refractivity contribution in [3.63, 3.8) is 0 Å². The van der Waals surface area contributed by atoms with E-state index in [0.29, 0.717) is 37.4 Å². The molecule has 166 valence electrons. The lowest BCUT2D eigenvalue weighted by Crippen LogP contribution is -2.36. The lowest BCUT2D eigenvalue weighted by molar-refractivity contribution is -0.133. The van der Waals surface area contributed by atoms with Crippen LogP contribution < -0.4 is 14.2 Å². The van der Waals surface area contributed by atoms with Crippen LogP contribution in [0, 0.1) is 0 Å². The molecule has 1 fully saturated rings. The van der Waals surface area contributed by atoms with Gasteiger partial charge in [0, 0.05) is 25.6 Å². The zero-order valence-electron chi connectivity index (χ0n) is 18.1. The number of hydrogen-bond donors (Lipinski definition) is 1. The van der Waals surface area contributed by atoms with E-state index in [1.165, 1.54) is 24.0 Å². The number of amides is 1. The van der Waals surface area contributed by atoms with Crippen molar-refractivity contribution in [1.82, 2.24) is 4.90 Å². The second kappa shape index (κ2) is 10.1. The number of aryl methyl sites for hydroxylation is 2. The number of carbonyl (C=O) groups is 1. The van der Waals surface area contributed by atoms with Gasteiger partial charge in [0.1, 0.15) is 23.4 Å². The summed E-state index contributed by atoms with van der Waals surface area (Å²) in [6.45, 7) is 1.03. The summed E-state index contributed by atoms with van der Waals surface area (Å²) in [6, 6.07) is 13.5. The predicted molar refractivity (Wildman–Crippen MR) is 118 cm³/mol. The van der Waals surface area contributed by atoms with Crippen molar-refractivity contribution in [2.75, 3.05) is 26.8 Å². The zero-order valence-corrected chi connectivity index (χ0v) is 18.1. The summed E-state index contributed by atoms with van der Waals surface area (Å²) < 4.78 is 17.0. The molecule has 1 saturated heterocycles. The zero-order chi connectivity index (χ0) is 21.6. The molecule has 2 aromatic carbocycles. The minimum atomic E-state index is -0.634. The largest absolute Gasteiger partial charge is 0.497 e. The first kappa shape index (κ1) is 21.5. The molecule has 6 nitrogen and oxygen atoms in total. The fourth-order valence-corrected chi connectivity index (χ4v) is 4.33. The Morgan fingerprint density at radius 3 is 2.61 bits per heavy atom. The Bertz CT molecular complexity index is 899. The maximum absolute atomic E-state index is 12.7. The Kier molecular flexibility index (Phi) is 6.97. The minimum Gasteiger partial charge on any atom is -0.497 e. The molecule has 0 radical (unpaired) electrons. The SMILES string of the molecule is COc1cccc(O[C@H]2CCN(C(=O)COc3ccc4c(c3)CCCC4)CC[C@@H]2O)c1. The maximum atomic E-state index is 12.7. The summed E-state index contributed by atoms with van der Waals surface area (Å²) in [7, 11) is 1.61. The van der Waals surface area contributed by atoms with Gasteiger partial charge in [-0.1, -0.05) is 12.1 Å². The summed E-state index contributed by atoms with van der Waals surface area (Å²) in [4.78, 5) is 14.5. The number of rotatable bonds is 6. The van der Waals surface area contributed by atoms with Crippen molar-refractivity contribution >= 4 is 5.91 Å². The number of hydrogen-bond acceptors (Lipinski definition) is 5. The molecule has 4 rings (SSSR count). The van der Waals surface area contributed by atoms with Crippen LogP contribution in [0.15, 0.2) is 42.5 Å². The van der Waals surface area contributed by atoms with Gasteiger partial charge < -0.3 is 24.2 Å². The highest BCUT2D eigenvalue weighted by Gasteiger charge is 2.28. The lowest BCUT2D eigenvalue weighted by atomic mass is 9.92. The van der Waals surface area contributed by atoms with Crippen molar-refractivity contribution in [1.29, 1.82) is 0 Å². The number of fused-ring (bicyclic) bond motifs is 1. The van der Waals surface area contributed by atoms with E-state index in [-0.39, 0.29) is 18.6 Å². The monoisotopic (exact) mass is 425 g/mol. The van der Waals surface area contributed by atoms with E-state index in [1.807, 2.05) is 24.3 Å². The molecule has 0 aromatic heterocycles. The van der Waals surface area contributed by atoms with Crippen LogP contribution in [0.2, 0.25) is 0 Å². The quantitative estimate of drug-likeness (QED) is 0.769. The van der Waals surface area contributed by atoms with Crippen LogP contribution in [0.5, 0.6) is 17.2 Å². The van der Waals surface area contributed by atoms with Crippen molar-refractivity contribution in [2.45, 2.75) is 50.7 Å². The van der Waals surface area contributed by atoms with Crippen molar-refractivity contribution in [3.05, 3.63) is 53.6 Å². The van der Waals surface area contributed by atoms with Gasteiger partial charge >= 0.3 is 0 Å². The van der Waals surface area contributed by atoms with Crippen molar-refractivity contribution in [2.24, 2.45) is 0 Å². The van der Waals surface area contributed by atoms with E-state index >= 15 is 0 Å². The number of benzene rings is 2. The van der Waals surface area contributed by atoms with Crippen LogP contribution in [-0.2, 0) is 17.6 Å². The topological polar surface area (TPSA) is 68.2 Å². The van der Waals surface area contributed by atoms with E-state index in [2.05, 4.69) is 12.1 Å². The predicted octanol–water partition coefficient (Wildman–Crippen LogP) is 3.38. The Morgan fingerprint density at radius 2 is 1.77 bits per heavy atom. The van der Waals surface area contributed by atoms with Crippen LogP contribution in [0.4, 0.5) is 0 Å². The third kappa shape index (κ3) is 5.50. The van der Waals surface area contributed by atoms with E-state index < -0.39 is 6.10 Å². The first-order valence-electron chi connectivity index (χ1n) is 11.1. The van der Waals surface area contributed by atoms with Gasteiger partial charge in [0.2, 0.25) is 0 Å². The van der Waals surface area contributed by atoms with Crippen LogP contribution in [0.25, 0.3) is 0 Å². The molecule has 2 aliphatic rings. The number of ether oxygens (including phenoxy) is 3. The van der Waals surface area contributed by atoms with E-state index in [4.69, 9.17) is 14.2 Å². The molecular weight excluding hydrogens is 394 g/mol. The van der Waals surface area contributed by atoms with Crippen LogP contribution in [0.1, 0.15) is 36.8 Å². The Balaban J connectivity index is 1.30. The van der Waals surface area contributed by atoms with Crippen LogP contribution in [0.3, 0.4) is 0 Å². The minimum absolute atomic E-state index is 0.0102. The average molecular weight is 426 g/mol. The van der Waals surface area contributed by atoms with Gasteiger partial charge in [-0.05, 0) is 67.5 Å². The van der Waals surface area contributed by atoms with E-state index in [1.54, 1.807) is 18.1 Å². The Labute approximate surface area is 183 Å². The Morgan fingerprint density at radius 1 is 1.00 bits per heavy atom. The first-order chi connectivity index (χ1) is 15.1. The third-order valence-electron chi connectivity index (χ3n) is 6.17. The van der Waals surface area contributed by atoms with Gasteiger partial charge in [-0.15, -0.1) is 0 Å². The number of nitrogens with zero attached hydrogens (tertiary/aromatic N) is 1. The van der Waals surface area contributed by atoms with Crippen molar-refractivity contribution in [3.8, 4) is 17.2 Å². The van der Waals surface area contributed by atoms with Gasteiger partial charge in [-0.3, -0.25) is 4.79 Å². The fourth-order valence-electron chi connectivity index (χ4n) is 4.33. The van der Waals surface area contributed by atoms with Crippen molar-refractivity contribution < 1.29 is 24.1 Å². The summed E-state index contributed by atoms with van der Waals surface area (Å²) in [5, 5.41) is 10.5. The molecule has 0 bridgehead atoms. The molecule has 1 N–H and O–H groups in total. The third-order valence-corrected chi connectivity index (χ3v) is 6.17. The summed E-state index contributed by atoms with van der Waals surface area (Å²) in [5.41, 5.74) is 2.74. The number of aliphatic hydroxyl groups is 1. The average Bonchev–Trinajstić information content (AvgIpc) is 2.99. The van der Waals surface area contributed by atoms with Crippen LogP contribution in [-0.4, -0.2) is 54.9 Å². The highest BCUT2D eigenvalue weighted by atomic mass is 16.5. The lowest BCUT2D eigenvalue weighted by Gasteiger charge is -2.22. The molecule has 2 atom stereocenters. The van der Waals surface area contributed by atoms with Crippen LogP contribution >= 0.6 is 0 Å². The highest BCUT2D eigenvalue weighted by molar-refractivity contribution is 5.77. The molecule has 1 aliphatic carbocycles. The summed E-state index contributed by atoms with van der Waals surface area (Å²) in [6.07, 6.45) is 4.70. The molecular formula is C25H31NO5. The molecule has 31 heavy (non-hydrogen) atoms. The number of carbonyl (C=O) groups excluding carboxylic acids is 1. The molecule has 2 aromatic rings. The highest BCUT2D eigenvalue weighted by Crippen LogP contribution is 2.26. The van der Waals surface area contributed by atoms with E-state index in [9.17, 15) is 9.90 Å². The summed E-state index contributed by atoms with van der Waals surface area (Å²) >= 11 is 0. The molecule has 6 heteroatoms. The maximum Gasteiger partial charge on any atom is 0.260 e. The van der Waals surface area contributed by atoms with Gasteiger partial charge in [0.15, 0.2) is 6.61 Å². The molecule has 1 aliphatic heterocycles. The standard InChI is InChI=1S/C25H31NO5/c1-29-20-7-4-8-22(16-20)31-24-12-14-26(13-11-23(24)27)25(28)17-30-21-10-9-18-5-2-3-6-19(18)15-21/h4,7-10,15-16,23-24,27H,2-3,5-6,11-14,17H2,1H3/t23-,24-/m0/s1. The second-order valence-electron chi connectivity index (χ2n) is 8.29. The molecule has 0 spiro atoms. The molecule has 0 saturated carbocycles. The smallest absolute Gasteiger partial charge is 0.260 e. The number of methoxy groups -OCH3 is 1. The Hall–Kier alpha value is -2.73. The number of aliphatic hydroxyl groups excluding tert-OH is 1. The first-order valence-corrected chi connectivity index (χ1v) is 11.1. The second-order valence-corrected chi connectivity index (χ2v) is 8.29. The van der Waals surface area contributed by atoms with Gasteiger partial charge in [-0.2, -0.15) is 0 Å². The fraction of sp³-hybridized carbons (Fsp3) is 0.480. The van der Waals surface area contributed by atoms with Gasteiger partial charge in [-0.25, -0.2) is 0 Å². The number of likely N-dealkylation sites (tertiary alicyclic amines) is 1. The normalized spacial score (nSPS) is 21.0. The van der Waals surface area contributed by atoms with E-state index in [0.717, 1.165) is 18.6 Å². The van der Waals surface area contributed by atoms with Gasteiger partial charge in [0.25, 0.3) is 5.91 Å². The molecule has 1 heterocycles. The molecule has 0 unspecified atom stereocenters. The molecule has 1 amide bonds. The van der Waals surface area contributed by atoms with Gasteiger partial charge in [0.05, 0.1) is 13.2 Å².